The van der Waals surface area contributed by atoms with E-state index in [4.69, 9.17) is 5.14 Å². The minimum Gasteiger partial charge on any atom is -0.333 e. The number of benzene rings is 1. The molecule has 0 aliphatic heterocycles. The molecular formula is C10H20N2O2S. The average Bonchev–Trinajstić information content (AvgIpc) is 2.23. The fraction of sp³-hybridized carbons (Fsp3) is 0.400. The monoisotopic (exact) mass is 232 g/mol. The Morgan fingerprint density at radius 2 is 1.47 bits per heavy atom. The van der Waals surface area contributed by atoms with E-state index in [0.29, 0.717) is 5.56 Å². The number of primary sulfonamides is 1. The normalized spacial score (nSPS) is 9.20. The van der Waals surface area contributed by atoms with Gasteiger partial charge in [0, 0.05) is 0 Å². The Kier molecular flexibility index (Phi) is 9.25. The van der Waals surface area contributed by atoms with Gasteiger partial charge in [0.1, 0.15) is 0 Å². The molecule has 0 aromatic heterocycles. The molecule has 0 saturated carbocycles. The average molecular weight is 232 g/mol. The van der Waals surface area contributed by atoms with Crippen molar-refractivity contribution in [1.29, 1.82) is 0 Å². The Morgan fingerprint density at radius 1 is 1.07 bits per heavy atom. The van der Waals surface area contributed by atoms with E-state index in [1.54, 1.807) is 25.1 Å². The van der Waals surface area contributed by atoms with E-state index < -0.39 is 10.0 Å². The number of nitrogens with two attached hydrogens (primary N) is 2. The Bertz CT molecular complexity index is 361. The number of sulfonamides is 1. The lowest BCUT2D eigenvalue weighted by atomic mass is 10.2. The summed E-state index contributed by atoms with van der Waals surface area (Å²) in [5.74, 6) is 0. The van der Waals surface area contributed by atoms with Crippen molar-refractivity contribution in [2.45, 2.75) is 25.7 Å². The largest absolute Gasteiger partial charge is 0.333 e. The van der Waals surface area contributed by atoms with Crippen molar-refractivity contribution in [1.82, 2.24) is 0 Å². The molecule has 0 saturated heterocycles. The molecule has 0 bridgehead atoms. The predicted octanol–water partition coefficient (Wildman–Crippen LogP) is 1.24. The van der Waals surface area contributed by atoms with Crippen LogP contribution in [0.4, 0.5) is 0 Å². The third kappa shape index (κ3) is 6.22. The van der Waals surface area contributed by atoms with Crippen LogP contribution in [0.1, 0.15) is 19.4 Å². The fourth-order valence-electron chi connectivity index (χ4n) is 0.876. The molecule has 0 amide bonds. The zero-order valence-corrected chi connectivity index (χ0v) is 10.5. The Hall–Kier alpha value is -0.910. The molecule has 0 spiro atoms. The van der Waals surface area contributed by atoms with Gasteiger partial charge in [-0.2, -0.15) is 0 Å². The highest BCUT2D eigenvalue weighted by Gasteiger charge is 2.08. The molecule has 88 valence electrons. The maximum atomic E-state index is 10.8. The molecule has 4 N–H and O–H groups in total. The molecule has 0 aliphatic carbocycles. The third-order valence-corrected chi connectivity index (χ3v) is 2.47. The van der Waals surface area contributed by atoms with Crippen molar-refractivity contribution in [3.8, 4) is 0 Å². The van der Waals surface area contributed by atoms with Gasteiger partial charge >= 0.3 is 0 Å². The van der Waals surface area contributed by atoms with E-state index in [9.17, 15) is 8.42 Å². The molecule has 5 heteroatoms. The molecule has 1 rings (SSSR count). The predicted molar refractivity (Wildman–Crippen MR) is 64.0 cm³/mol. The molecule has 0 fully saturated rings. The van der Waals surface area contributed by atoms with Gasteiger partial charge in [0.2, 0.25) is 10.0 Å². The van der Waals surface area contributed by atoms with Gasteiger partial charge < -0.3 is 5.73 Å². The number of hydrogen-bond acceptors (Lipinski definition) is 3. The van der Waals surface area contributed by atoms with E-state index in [1.807, 2.05) is 13.8 Å². The molecule has 4 nitrogen and oxygen atoms in total. The Labute approximate surface area is 92.3 Å². The van der Waals surface area contributed by atoms with Crippen molar-refractivity contribution in [3.63, 3.8) is 0 Å². The van der Waals surface area contributed by atoms with Crippen LogP contribution >= 0.6 is 0 Å². The Balaban J connectivity index is 0. The molecule has 1 aromatic rings. The first-order valence-corrected chi connectivity index (χ1v) is 6.22. The van der Waals surface area contributed by atoms with Crippen LogP contribution in [0.5, 0.6) is 0 Å². The van der Waals surface area contributed by atoms with Crippen LogP contribution in [-0.4, -0.2) is 15.5 Å². The quantitative estimate of drug-likeness (QED) is 0.764. The van der Waals surface area contributed by atoms with Gasteiger partial charge in [-0.15, -0.1) is 0 Å². The van der Waals surface area contributed by atoms with Crippen LogP contribution in [0.3, 0.4) is 0 Å². The second-order valence-electron chi connectivity index (χ2n) is 2.31. The van der Waals surface area contributed by atoms with Crippen LogP contribution < -0.4 is 10.9 Å². The number of rotatable bonds is 1. The maximum absolute atomic E-state index is 10.8. The summed E-state index contributed by atoms with van der Waals surface area (Å²) in [7, 11) is -2.03. The molecule has 0 atom stereocenters. The van der Waals surface area contributed by atoms with Crippen molar-refractivity contribution < 1.29 is 8.42 Å². The molecule has 0 radical (unpaired) electrons. The topological polar surface area (TPSA) is 86.2 Å². The summed E-state index contributed by atoms with van der Waals surface area (Å²) in [6.07, 6.45) is 0. The van der Waals surface area contributed by atoms with Crippen LogP contribution in [0.2, 0.25) is 0 Å². The van der Waals surface area contributed by atoms with E-state index >= 15 is 0 Å². The van der Waals surface area contributed by atoms with Gasteiger partial charge in [-0.05, 0) is 25.6 Å². The molecule has 0 aliphatic rings. The summed E-state index contributed by atoms with van der Waals surface area (Å²) in [5, 5.41) is 4.93. The molecule has 15 heavy (non-hydrogen) atoms. The van der Waals surface area contributed by atoms with E-state index in [2.05, 4.69) is 5.73 Å². The van der Waals surface area contributed by atoms with Crippen molar-refractivity contribution in [2.24, 2.45) is 10.9 Å². The third-order valence-electron chi connectivity index (χ3n) is 1.40. The summed E-state index contributed by atoms with van der Waals surface area (Å²) in [6, 6.07) is 6.61. The van der Waals surface area contributed by atoms with Crippen LogP contribution in [0.25, 0.3) is 0 Å². The Morgan fingerprint density at radius 3 is 1.73 bits per heavy atom. The maximum Gasteiger partial charge on any atom is 0.238 e. The SMILES string of the molecule is CC.CN.Cc1ccccc1S(N)(=O)=O. The summed E-state index contributed by atoms with van der Waals surface area (Å²) in [5.41, 5.74) is 5.18. The van der Waals surface area contributed by atoms with Gasteiger partial charge in [-0.25, -0.2) is 13.6 Å². The molecular weight excluding hydrogens is 212 g/mol. The summed E-state index contributed by atoms with van der Waals surface area (Å²) in [4.78, 5) is 0.194. The first-order valence-electron chi connectivity index (χ1n) is 4.68. The first kappa shape index (κ1) is 16.5. The van der Waals surface area contributed by atoms with Crippen LogP contribution in [0.15, 0.2) is 29.2 Å². The second kappa shape index (κ2) is 8.40. The van der Waals surface area contributed by atoms with E-state index in [-0.39, 0.29) is 4.90 Å². The van der Waals surface area contributed by atoms with E-state index in [0.717, 1.165) is 0 Å². The minimum atomic E-state index is -3.53. The van der Waals surface area contributed by atoms with Gasteiger partial charge in [-0.3, -0.25) is 0 Å². The highest BCUT2D eigenvalue weighted by Crippen LogP contribution is 2.10. The van der Waals surface area contributed by atoms with E-state index in [1.165, 1.54) is 13.1 Å². The summed E-state index contributed by atoms with van der Waals surface area (Å²) >= 11 is 0. The lowest BCUT2D eigenvalue weighted by Gasteiger charge is -2.00. The zero-order valence-electron chi connectivity index (χ0n) is 9.69. The minimum absolute atomic E-state index is 0.194. The smallest absolute Gasteiger partial charge is 0.238 e. The summed E-state index contributed by atoms with van der Waals surface area (Å²) in [6.45, 7) is 5.71. The molecule has 1 aromatic carbocycles. The second-order valence-corrected chi connectivity index (χ2v) is 3.84. The van der Waals surface area contributed by atoms with Gasteiger partial charge in [0.15, 0.2) is 0 Å². The van der Waals surface area contributed by atoms with Gasteiger partial charge in [0.05, 0.1) is 4.90 Å². The van der Waals surface area contributed by atoms with Gasteiger partial charge in [-0.1, -0.05) is 32.0 Å². The standard InChI is InChI=1S/C7H9NO2S.C2H6.CH5N/c1-6-4-2-3-5-7(6)11(8,9)10;2*1-2/h2-5H,1H3,(H2,8,9,10);1-2H3;2H2,1H3. The highest BCUT2D eigenvalue weighted by molar-refractivity contribution is 7.89. The van der Waals surface area contributed by atoms with Crippen molar-refractivity contribution in [2.75, 3.05) is 7.05 Å². The zero-order chi connectivity index (χ0) is 12.5. The lowest BCUT2D eigenvalue weighted by molar-refractivity contribution is 0.597. The highest BCUT2D eigenvalue weighted by atomic mass is 32.2. The number of aryl methyl sites for hydroxylation is 1. The van der Waals surface area contributed by atoms with Crippen molar-refractivity contribution >= 4 is 10.0 Å². The summed E-state index contributed by atoms with van der Waals surface area (Å²) < 4.78 is 21.7. The molecule has 0 heterocycles. The lowest BCUT2D eigenvalue weighted by Crippen LogP contribution is -2.13. The first-order chi connectivity index (χ1) is 7.02. The fourth-order valence-corrected chi connectivity index (χ4v) is 1.66. The van der Waals surface area contributed by atoms with Crippen molar-refractivity contribution in [3.05, 3.63) is 29.8 Å². The van der Waals surface area contributed by atoms with Gasteiger partial charge in [0.25, 0.3) is 0 Å². The number of hydrogen-bond donors (Lipinski definition) is 2. The van der Waals surface area contributed by atoms with Crippen LogP contribution in [-0.2, 0) is 10.0 Å². The van der Waals surface area contributed by atoms with Crippen LogP contribution in [0, 0.1) is 6.92 Å². The molecule has 0 unspecified atom stereocenters.